The first-order valence-electron chi connectivity index (χ1n) is 5.84. The van der Waals surface area contributed by atoms with E-state index in [1.165, 1.54) is 6.92 Å². The zero-order valence-electron chi connectivity index (χ0n) is 9.20. The fourth-order valence-corrected chi connectivity index (χ4v) is 3.01. The highest BCUT2D eigenvalue weighted by Crippen LogP contribution is 2.41. The van der Waals surface area contributed by atoms with Gasteiger partial charge in [0.1, 0.15) is 11.9 Å². The fourth-order valence-electron chi connectivity index (χ4n) is 3.01. The monoisotopic (exact) mass is 210 g/mol. The van der Waals surface area contributed by atoms with E-state index in [0.717, 1.165) is 38.5 Å². The highest BCUT2D eigenvalue weighted by molar-refractivity contribution is 5.78. The molecule has 2 aliphatic rings. The largest absolute Gasteiger partial charge is 0.463 e. The van der Waals surface area contributed by atoms with Crippen LogP contribution in [0.4, 0.5) is 0 Å². The summed E-state index contributed by atoms with van der Waals surface area (Å²) in [5, 5.41) is 0. The summed E-state index contributed by atoms with van der Waals surface area (Å²) >= 11 is 0. The van der Waals surface area contributed by atoms with Gasteiger partial charge in [0, 0.05) is 19.8 Å². The van der Waals surface area contributed by atoms with Crippen LogP contribution in [-0.4, -0.2) is 17.9 Å². The maximum absolute atomic E-state index is 11.3. The fraction of sp³-hybridized carbons (Fsp3) is 0.833. The second-order valence-electron chi connectivity index (χ2n) is 4.84. The second kappa shape index (κ2) is 4.33. The van der Waals surface area contributed by atoms with Crippen molar-refractivity contribution in [3.8, 4) is 0 Å². The van der Waals surface area contributed by atoms with E-state index in [4.69, 9.17) is 4.74 Å². The number of fused-ring (bicyclic) bond motifs is 1. The number of Topliss-reactive ketones (excluding diaryl/α,β-unsaturated/α-hetero) is 1. The van der Waals surface area contributed by atoms with E-state index >= 15 is 0 Å². The summed E-state index contributed by atoms with van der Waals surface area (Å²) in [6, 6.07) is 0. The molecule has 0 N–H and O–H groups in total. The zero-order valence-corrected chi connectivity index (χ0v) is 9.20. The van der Waals surface area contributed by atoms with Gasteiger partial charge in [-0.05, 0) is 37.5 Å². The lowest BCUT2D eigenvalue weighted by Gasteiger charge is -2.13. The summed E-state index contributed by atoms with van der Waals surface area (Å²) in [7, 11) is 0. The Labute approximate surface area is 90.2 Å². The van der Waals surface area contributed by atoms with Crippen LogP contribution in [0, 0.1) is 11.8 Å². The lowest BCUT2D eigenvalue weighted by molar-refractivity contribution is -0.146. The second-order valence-corrected chi connectivity index (χ2v) is 4.84. The predicted molar refractivity (Wildman–Crippen MR) is 55.2 cm³/mol. The van der Waals surface area contributed by atoms with Gasteiger partial charge < -0.3 is 4.74 Å². The molecule has 0 aromatic rings. The Kier molecular flexibility index (Phi) is 3.08. The van der Waals surface area contributed by atoms with Crippen LogP contribution in [0.15, 0.2) is 0 Å². The van der Waals surface area contributed by atoms with Crippen molar-refractivity contribution in [3.63, 3.8) is 0 Å². The summed E-state index contributed by atoms with van der Waals surface area (Å²) in [5.41, 5.74) is 0. The molecular weight excluding hydrogens is 192 g/mol. The Balaban J connectivity index is 1.91. The third kappa shape index (κ3) is 2.58. The number of esters is 1. The minimum absolute atomic E-state index is 0.116. The van der Waals surface area contributed by atoms with Crippen LogP contribution >= 0.6 is 0 Å². The zero-order chi connectivity index (χ0) is 10.8. The molecule has 0 amide bonds. The molecule has 3 nitrogen and oxygen atoms in total. The molecule has 0 aliphatic heterocycles. The van der Waals surface area contributed by atoms with Gasteiger partial charge in [-0.2, -0.15) is 0 Å². The van der Waals surface area contributed by atoms with E-state index < -0.39 is 0 Å². The normalized spacial score (nSPS) is 35.8. The number of rotatable bonds is 1. The minimum atomic E-state index is -0.174. The van der Waals surface area contributed by atoms with Gasteiger partial charge in [-0.25, -0.2) is 0 Å². The molecule has 15 heavy (non-hydrogen) atoms. The molecule has 2 saturated carbocycles. The van der Waals surface area contributed by atoms with Crippen molar-refractivity contribution in [3.05, 3.63) is 0 Å². The SMILES string of the molecule is CC(=O)OC1CC2CCC(=O)CCC2C1. The lowest BCUT2D eigenvalue weighted by atomic mass is 9.92. The van der Waals surface area contributed by atoms with Gasteiger partial charge in [0.2, 0.25) is 0 Å². The Morgan fingerprint density at radius 1 is 1.20 bits per heavy atom. The average molecular weight is 210 g/mol. The van der Waals surface area contributed by atoms with Gasteiger partial charge in [0.05, 0.1) is 0 Å². The first kappa shape index (κ1) is 10.7. The minimum Gasteiger partial charge on any atom is -0.463 e. The van der Waals surface area contributed by atoms with Crippen molar-refractivity contribution in [1.82, 2.24) is 0 Å². The van der Waals surface area contributed by atoms with E-state index in [0.29, 0.717) is 17.6 Å². The summed E-state index contributed by atoms with van der Waals surface area (Å²) in [5.74, 6) is 1.46. The van der Waals surface area contributed by atoms with Crippen LogP contribution < -0.4 is 0 Å². The van der Waals surface area contributed by atoms with Gasteiger partial charge >= 0.3 is 5.97 Å². The van der Waals surface area contributed by atoms with Crippen LogP contribution in [0.3, 0.4) is 0 Å². The van der Waals surface area contributed by atoms with Crippen molar-refractivity contribution >= 4 is 11.8 Å². The molecule has 3 heteroatoms. The topological polar surface area (TPSA) is 43.4 Å². The standard InChI is InChI=1S/C12H18O3/c1-8(13)15-12-6-9-2-4-11(14)5-3-10(9)7-12/h9-10,12H,2-7H2,1H3. The van der Waals surface area contributed by atoms with Crippen LogP contribution in [0.2, 0.25) is 0 Å². The van der Waals surface area contributed by atoms with Gasteiger partial charge in [0.15, 0.2) is 0 Å². The first-order chi connectivity index (χ1) is 7.15. The summed E-state index contributed by atoms with van der Waals surface area (Å²) < 4.78 is 5.25. The van der Waals surface area contributed by atoms with E-state index in [9.17, 15) is 9.59 Å². The highest BCUT2D eigenvalue weighted by atomic mass is 16.5. The van der Waals surface area contributed by atoms with E-state index in [2.05, 4.69) is 0 Å². The van der Waals surface area contributed by atoms with Gasteiger partial charge in [-0.15, -0.1) is 0 Å². The third-order valence-corrected chi connectivity index (χ3v) is 3.72. The molecule has 0 spiro atoms. The van der Waals surface area contributed by atoms with Crippen molar-refractivity contribution in [2.24, 2.45) is 11.8 Å². The van der Waals surface area contributed by atoms with Crippen LogP contribution in [0.25, 0.3) is 0 Å². The smallest absolute Gasteiger partial charge is 0.302 e. The quantitative estimate of drug-likeness (QED) is 0.622. The molecular formula is C12H18O3. The summed E-state index contributed by atoms with van der Waals surface area (Å²) in [4.78, 5) is 22.1. The number of hydrogen-bond acceptors (Lipinski definition) is 3. The van der Waals surface area contributed by atoms with Crippen molar-refractivity contribution in [2.45, 2.75) is 51.6 Å². The Hall–Kier alpha value is -0.860. The number of ketones is 1. The molecule has 2 rings (SSSR count). The molecule has 2 fully saturated rings. The van der Waals surface area contributed by atoms with Crippen LogP contribution in [-0.2, 0) is 14.3 Å². The lowest BCUT2D eigenvalue weighted by Crippen LogP contribution is -2.13. The number of ether oxygens (including phenoxy) is 1. The van der Waals surface area contributed by atoms with Gasteiger partial charge in [-0.1, -0.05) is 0 Å². The van der Waals surface area contributed by atoms with Crippen LogP contribution in [0.1, 0.15) is 45.4 Å². The Morgan fingerprint density at radius 2 is 1.73 bits per heavy atom. The summed E-state index contributed by atoms with van der Waals surface area (Å²) in [6.07, 6.45) is 5.52. The molecule has 2 unspecified atom stereocenters. The first-order valence-corrected chi connectivity index (χ1v) is 5.84. The Bertz CT molecular complexity index is 254. The maximum atomic E-state index is 11.3. The summed E-state index contributed by atoms with van der Waals surface area (Å²) in [6.45, 7) is 1.47. The molecule has 0 saturated heterocycles. The maximum Gasteiger partial charge on any atom is 0.302 e. The number of carbonyl (C=O) groups is 2. The number of carbonyl (C=O) groups excluding carboxylic acids is 2. The molecule has 2 atom stereocenters. The Morgan fingerprint density at radius 3 is 2.20 bits per heavy atom. The molecule has 0 heterocycles. The van der Waals surface area contributed by atoms with Gasteiger partial charge in [0.25, 0.3) is 0 Å². The van der Waals surface area contributed by atoms with E-state index in [-0.39, 0.29) is 12.1 Å². The highest BCUT2D eigenvalue weighted by Gasteiger charge is 2.37. The van der Waals surface area contributed by atoms with Crippen molar-refractivity contribution in [1.29, 1.82) is 0 Å². The van der Waals surface area contributed by atoms with Crippen molar-refractivity contribution < 1.29 is 14.3 Å². The average Bonchev–Trinajstić information content (AvgIpc) is 2.45. The molecule has 2 aliphatic carbocycles. The molecule has 0 radical (unpaired) electrons. The van der Waals surface area contributed by atoms with E-state index in [1.54, 1.807) is 0 Å². The molecule has 0 aromatic heterocycles. The molecule has 84 valence electrons. The van der Waals surface area contributed by atoms with Crippen LogP contribution in [0.5, 0.6) is 0 Å². The third-order valence-electron chi connectivity index (χ3n) is 3.72. The van der Waals surface area contributed by atoms with Crippen molar-refractivity contribution in [2.75, 3.05) is 0 Å². The number of hydrogen-bond donors (Lipinski definition) is 0. The van der Waals surface area contributed by atoms with E-state index in [1.807, 2.05) is 0 Å². The van der Waals surface area contributed by atoms with Gasteiger partial charge in [-0.3, -0.25) is 9.59 Å². The predicted octanol–water partition coefficient (Wildman–Crippen LogP) is 2.09. The molecule has 0 aromatic carbocycles. The molecule has 0 bridgehead atoms.